The molecule has 0 spiro atoms. The van der Waals surface area contributed by atoms with E-state index in [4.69, 9.17) is 5.73 Å². The Labute approximate surface area is 134 Å². The van der Waals surface area contributed by atoms with Crippen molar-refractivity contribution in [3.8, 4) is 6.07 Å². The standard InChI is InChI=1S/C17H18BrN3/c18-16-8-4-9-17(15(16)12-20)21(11-5-10-19)13-14-6-2-1-3-7-14/h1-4,6-9H,5,10-11,13,19H2. The highest BCUT2D eigenvalue weighted by molar-refractivity contribution is 9.10. The lowest BCUT2D eigenvalue weighted by atomic mass is 10.1. The topological polar surface area (TPSA) is 53.0 Å². The van der Waals surface area contributed by atoms with Crippen molar-refractivity contribution in [2.75, 3.05) is 18.0 Å². The van der Waals surface area contributed by atoms with Gasteiger partial charge in [-0.1, -0.05) is 36.4 Å². The highest BCUT2D eigenvalue weighted by atomic mass is 79.9. The van der Waals surface area contributed by atoms with E-state index in [0.29, 0.717) is 12.1 Å². The van der Waals surface area contributed by atoms with Crippen molar-refractivity contribution in [2.45, 2.75) is 13.0 Å². The molecule has 0 aliphatic heterocycles. The van der Waals surface area contributed by atoms with Crippen LogP contribution in [0.1, 0.15) is 17.5 Å². The third kappa shape index (κ3) is 4.07. The molecule has 0 saturated carbocycles. The molecule has 0 bridgehead atoms. The van der Waals surface area contributed by atoms with Gasteiger partial charge in [-0.05, 0) is 46.6 Å². The lowest BCUT2D eigenvalue weighted by Crippen LogP contribution is -2.26. The van der Waals surface area contributed by atoms with Crippen LogP contribution in [0.25, 0.3) is 0 Å². The smallest absolute Gasteiger partial charge is 0.103 e. The summed E-state index contributed by atoms with van der Waals surface area (Å²) in [7, 11) is 0. The average molecular weight is 344 g/mol. The molecule has 0 saturated heterocycles. The molecule has 2 rings (SSSR count). The summed E-state index contributed by atoms with van der Waals surface area (Å²) >= 11 is 3.46. The zero-order chi connectivity index (χ0) is 15.1. The number of nitrogens with two attached hydrogens (primary N) is 1. The van der Waals surface area contributed by atoms with E-state index in [1.165, 1.54) is 5.56 Å². The van der Waals surface area contributed by atoms with Crippen molar-refractivity contribution in [1.29, 1.82) is 5.26 Å². The van der Waals surface area contributed by atoms with Crippen LogP contribution >= 0.6 is 15.9 Å². The summed E-state index contributed by atoms with van der Waals surface area (Å²) in [5, 5.41) is 9.41. The van der Waals surface area contributed by atoms with Crippen molar-refractivity contribution >= 4 is 21.6 Å². The minimum atomic E-state index is 0.640. The van der Waals surface area contributed by atoms with Crippen molar-refractivity contribution in [1.82, 2.24) is 0 Å². The molecule has 0 atom stereocenters. The molecule has 4 heteroatoms. The number of hydrogen-bond donors (Lipinski definition) is 1. The molecule has 0 aliphatic carbocycles. The fraction of sp³-hybridized carbons (Fsp3) is 0.235. The van der Waals surface area contributed by atoms with Gasteiger partial charge in [0.25, 0.3) is 0 Å². The first-order valence-electron chi connectivity index (χ1n) is 6.94. The molecule has 0 radical (unpaired) electrons. The SMILES string of the molecule is N#Cc1c(Br)cccc1N(CCCN)Cc1ccccc1. The van der Waals surface area contributed by atoms with E-state index in [2.05, 4.69) is 39.0 Å². The predicted octanol–water partition coefficient (Wildman–Crippen LogP) is 3.68. The van der Waals surface area contributed by atoms with Crippen molar-refractivity contribution in [3.63, 3.8) is 0 Å². The summed E-state index contributed by atoms with van der Waals surface area (Å²) in [5.74, 6) is 0. The highest BCUT2D eigenvalue weighted by Gasteiger charge is 2.13. The van der Waals surface area contributed by atoms with Gasteiger partial charge in [0, 0.05) is 17.6 Å². The Kier molecular flexibility index (Phi) is 5.79. The van der Waals surface area contributed by atoms with E-state index in [9.17, 15) is 5.26 Å². The van der Waals surface area contributed by atoms with E-state index in [-0.39, 0.29) is 0 Å². The Balaban J connectivity index is 2.32. The zero-order valence-electron chi connectivity index (χ0n) is 11.8. The minimum absolute atomic E-state index is 0.640. The number of anilines is 1. The second kappa shape index (κ2) is 7.82. The molecule has 0 heterocycles. The Hall–Kier alpha value is -1.83. The maximum absolute atomic E-state index is 9.41. The first-order valence-corrected chi connectivity index (χ1v) is 7.73. The first kappa shape index (κ1) is 15.6. The van der Waals surface area contributed by atoms with Crippen LogP contribution in [0.15, 0.2) is 53.0 Å². The van der Waals surface area contributed by atoms with Crippen LogP contribution in [-0.2, 0) is 6.54 Å². The fourth-order valence-electron chi connectivity index (χ4n) is 2.26. The van der Waals surface area contributed by atoms with Crippen LogP contribution in [0.4, 0.5) is 5.69 Å². The second-order valence-corrected chi connectivity index (χ2v) is 5.65. The quantitative estimate of drug-likeness (QED) is 0.870. The number of benzene rings is 2. The first-order chi connectivity index (χ1) is 10.3. The number of halogens is 1. The number of nitriles is 1. The molecule has 2 aromatic rings. The molecular formula is C17H18BrN3. The van der Waals surface area contributed by atoms with Gasteiger partial charge < -0.3 is 10.6 Å². The Bertz CT molecular complexity index is 620. The maximum Gasteiger partial charge on any atom is 0.103 e. The third-order valence-corrected chi connectivity index (χ3v) is 3.95. The van der Waals surface area contributed by atoms with Gasteiger partial charge in [0.2, 0.25) is 0 Å². The van der Waals surface area contributed by atoms with Crippen LogP contribution in [0.5, 0.6) is 0 Å². The second-order valence-electron chi connectivity index (χ2n) is 4.80. The van der Waals surface area contributed by atoms with Gasteiger partial charge in [-0.25, -0.2) is 0 Å². The van der Waals surface area contributed by atoms with Crippen molar-refractivity contribution < 1.29 is 0 Å². The molecule has 21 heavy (non-hydrogen) atoms. The van der Waals surface area contributed by atoms with Crippen LogP contribution in [-0.4, -0.2) is 13.1 Å². The summed E-state index contributed by atoms with van der Waals surface area (Å²) in [6, 6.07) is 18.4. The zero-order valence-corrected chi connectivity index (χ0v) is 13.4. The molecule has 0 aliphatic rings. The van der Waals surface area contributed by atoms with Gasteiger partial charge in [-0.15, -0.1) is 0 Å². The Morgan fingerprint density at radius 3 is 2.52 bits per heavy atom. The largest absolute Gasteiger partial charge is 0.366 e. The van der Waals surface area contributed by atoms with Gasteiger partial charge in [-0.3, -0.25) is 0 Å². The normalized spacial score (nSPS) is 10.1. The van der Waals surface area contributed by atoms with E-state index in [1.54, 1.807) is 0 Å². The van der Waals surface area contributed by atoms with Gasteiger partial charge in [0.05, 0.1) is 11.3 Å². The van der Waals surface area contributed by atoms with Crippen LogP contribution in [0.3, 0.4) is 0 Å². The third-order valence-electron chi connectivity index (χ3n) is 3.29. The molecule has 2 N–H and O–H groups in total. The molecule has 0 fully saturated rings. The van der Waals surface area contributed by atoms with E-state index in [0.717, 1.165) is 29.7 Å². The molecule has 0 aromatic heterocycles. The molecular weight excluding hydrogens is 326 g/mol. The van der Waals surface area contributed by atoms with Crippen molar-refractivity contribution in [2.24, 2.45) is 5.73 Å². The summed E-state index contributed by atoms with van der Waals surface area (Å²) in [4.78, 5) is 2.21. The minimum Gasteiger partial charge on any atom is -0.366 e. The molecule has 0 unspecified atom stereocenters. The maximum atomic E-state index is 9.41. The summed E-state index contributed by atoms with van der Waals surface area (Å²) in [5.41, 5.74) is 8.49. The summed E-state index contributed by atoms with van der Waals surface area (Å²) < 4.78 is 0.827. The van der Waals surface area contributed by atoms with Crippen LogP contribution in [0.2, 0.25) is 0 Å². The summed E-state index contributed by atoms with van der Waals surface area (Å²) in [6.07, 6.45) is 0.893. The van der Waals surface area contributed by atoms with Gasteiger partial charge in [-0.2, -0.15) is 5.26 Å². The lowest BCUT2D eigenvalue weighted by Gasteiger charge is -2.26. The lowest BCUT2D eigenvalue weighted by molar-refractivity contribution is 0.735. The van der Waals surface area contributed by atoms with Crippen molar-refractivity contribution in [3.05, 3.63) is 64.1 Å². The van der Waals surface area contributed by atoms with E-state index < -0.39 is 0 Å². The molecule has 3 nitrogen and oxygen atoms in total. The van der Waals surface area contributed by atoms with Crippen LogP contribution < -0.4 is 10.6 Å². The number of nitrogens with zero attached hydrogens (tertiary/aromatic N) is 2. The van der Waals surface area contributed by atoms with Crippen LogP contribution in [0, 0.1) is 11.3 Å². The Morgan fingerprint density at radius 2 is 1.86 bits per heavy atom. The number of rotatable bonds is 6. The van der Waals surface area contributed by atoms with Gasteiger partial charge in [0.15, 0.2) is 0 Å². The predicted molar refractivity (Wildman–Crippen MR) is 90.0 cm³/mol. The summed E-state index contributed by atoms with van der Waals surface area (Å²) in [6.45, 7) is 2.24. The molecule has 0 amide bonds. The number of hydrogen-bond acceptors (Lipinski definition) is 3. The highest BCUT2D eigenvalue weighted by Crippen LogP contribution is 2.28. The average Bonchev–Trinajstić information content (AvgIpc) is 2.52. The molecule has 108 valence electrons. The van der Waals surface area contributed by atoms with E-state index in [1.807, 2.05) is 36.4 Å². The molecule has 2 aromatic carbocycles. The van der Waals surface area contributed by atoms with Gasteiger partial charge in [0.1, 0.15) is 6.07 Å². The van der Waals surface area contributed by atoms with E-state index >= 15 is 0 Å². The fourth-order valence-corrected chi connectivity index (χ4v) is 2.70. The van der Waals surface area contributed by atoms with Gasteiger partial charge >= 0.3 is 0 Å². The monoisotopic (exact) mass is 343 g/mol. The Morgan fingerprint density at radius 1 is 1.10 bits per heavy atom.